The van der Waals surface area contributed by atoms with Gasteiger partial charge < -0.3 is 10.6 Å². The van der Waals surface area contributed by atoms with Crippen LogP contribution in [0, 0.1) is 5.92 Å². The molecule has 0 spiro atoms. The monoisotopic (exact) mass is 198 g/mol. The third-order valence-electron chi connectivity index (χ3n) is 2.89. The highest BCUT2D eigenvalue weighted by molar-refractivity contribution is 4.92. The minimum absolute atomic E-state index is 0.628. The van der Waals surface area contributed by atoms with Gasteiger partial charge in [0.15, 0.2) is 0 Å². The largest absolute Gasteiger partial charge is 0.314 e. The highest BCUT2D eigenvalue weighted by atomic mass is 15.0. The normalized spacial score (nSPS) is 25.7. The maximum Gasteiger partial charge on any atom is 0.00991 e. The van der Waals surface area contributed by atoms with E-state index in [2.05, 4.69) is 31.4 Å². The fourth-order valence-corrected chi connectivity index (χ4v) is 1.95. The van der Waals surface area contributed by atoms with Gasteiger partial charge >= 0.3 is 0 Å². The van der Waals surface area contributed by atoms with Gasteiger partial charge in [-0.2, -0.15) is 0 Å². The van der Waals surface area contributed by atoms with Crippen molar-refractivity contribution in [3.8, 4) is 0 Å². The summed E-state index contributed by atoms with van der Waals surface area (Å²) in [5, 5.41) is 7.06. The molecule has 14 heavy (non-hydrogen) atoms. The molecule has 1 fully saturated rings. The molecule has 0 saturated heterocycles. The molecule has 0 aliphatic heterocycles. The summed E-state index contributed by atoms with van der Waals surface area (Å²) in [5.41, 5.74) is 0. The summed E-state index contributed by atoms with van der Waals surface area (Å²) in [4.78, 5) is 0. The predicted octanol–water partition coefficient (Wildman–Crippen LogP) is 2.15. The van der Waals surface area contributed by atoms with Gasteiger partial charge in [-0.15, -0.1) is 0 Å². The van der Waals surface area contributed by atoms with E-state index in [1.165, 1.54) is 32.2 Å². The Kier molecular flexibility index (Phi) is 5.49. The lowest BCUT2D eigenvalue weighted by molar-refractivity contribution is 0.533. The van der Waals surface area contributed by atoms with Gasteiger partial charge in [-0.3, -0.25) is 0 Å². The number of rotatable bonds is 8. The van der Waals surface area contributed by atoms with Crippen molar-refractivity contribution in [1.82, 2.24) is 10.6 Å². The molecule has 2 heteroatoms. The van der Waals surface area contributed by atoms with Crippen LogP contribution in [0.3, 0.4) is 0 Å². The fourth-order valence-electron chi connectivity index (χ4n) is 1.95. The van der Waals surface area contributed by atoms with E-state index in [4.69, 9.17) is 0 Å². The molecule has 0 aromatic carbocycles. The zero-order valence-electron chi connectivity index (χ0n) is 9.97. The summed E-state index contributed by atoms with van der Waals surface area (Å²) in [6, 6.07) is 1.48. The van der Waals surface area contributed by atoms with Gasteiger partial charge in [-0.25, -0.2) is 0 Å². The van der Waals surface area contributed by atoms with Crippen molar-refractivity contribution in [3.63, 3.8) is 0 Å². The van der Waals surface area contributed by atoms with Gasteiger partial charge in [0.1, 0.15) is 0 Å². The zero-order chi connectivity index (χ0) is 10.4. The third kappa shape index (κ3) is 4.97. The van der Waals surface area contributed by atoms with Gasteiger partial charge in [0.05, 0.1) is 0 Å². The lowest BCUT2D eigenvalue weighted by Crippen LogP contribution is -2.28. The van der Waals surface area contributed by atoms with Crippen LogP contribution in [0.1, 0.15) is 46.5 Å². The zero-order valence-corrected chi connectivity index (χ0v) is 9.97. The second kappa shape index (κ2) is 6.41. The van der Waals surface area contributed by atoms with Crippen molar-refractivity contribution in [1.29, 1.82) is 0 Å². The second-order valence-corrected chi connectivity index (χ2v) is 4.81. The number of hydrogen-bond acceptors (Lipinski definition) is 2. The molecular formula is C12H26N2. The van der Waals surface area contributed by atoms with Crippen molar-refractivity contribution in [2.45, 2.75) is 58.5 Å². The first-order valence-electron chi connectivity index (χ1n) is 6.20. The predicted molar refractivity (Wildman–Crippen MR) is 62.6 cm³/mol. The first-order valence-corrected chi connectivity index (χ1v) is 6.20. The summed E-state index contributed by atoms with van der Waals surface area (Å²) in [5.74, 6) is 0.998. The molecule has 0 aromatic rings. The Hall–Kier alpha value is -0.0800. The summed E-state index contributed by atoms with van der Waals surface area (Å²) in [7, 11) is 0. The average molecular weight is 198 g/mol. The van der Waals surface area contributed by atoms with E-state index in [9.17, 15) is 0 Å². The highest BCUT2D eigenvalue weighted by Gasteiger charge is 2.34. The number of nitrogens with one attached hydrogen (secondary N) is 2. The Morgan fingerprint density at radius 2 is 2.07 bits per heavy atom. The Morgan fingerprint density at radius 1 is 1.29 bits per heavy atom. The molecule has 1 rings (SSSR count). The van der Waals surface area contributed by atoms with Crippen molar-refractivity contribution < 1.29 is 0 Å². The standard InChI is InChI=1S/C12H26N2/c1-4-6-11-9-12(11)14-8-5-7-13-10(2)3/h10-14H,4-9H2,1-3H3. The quantitative estimate of drug-likeness (QED) is 0.584. The van der Waals surface area contributed by atoms with Gasteiger partial charge in [0, 0.05) is 12.1 Å². The van der Waals surface area contributed by atoms with Crippen molar-refractivity contribution >= 4 is 0 Å². The second-order valence-electron chi connectivity index (χ2n) is 4.81. The molecule has 84 valence electrons. The van der Waals surface area contributed by atoms with Crippen molar-refractivity contribution in [2.75, 3.05) is 13.1 Å². The van der Waals surface area contributed by atoms with Gasteiger partial charge in [0.2, 0.25) is 0 Å². The SMILES string of the molecule is CCCC1CC1NCCCNC(C)C. The van der Waals surface area contributed by atoms with E-state index in [1.54, 1.807) is 0 Å². The van der Waals surface area contributed by atoms with E-state index < -0.39 is 0 Å². The fraction of sp³-hybridized carbons (Fsp3) is 1.00. The van der Waals surface area contributed by atoms with Gasteiger partial charge in [0.25, 0.3) is 0 Å². The van der Waals surface area contributed by atoms with E-state index in [0.29, 0.717) is 6.04 Å². The molecule has 2 N–H and O–H groups in total. The van der Waals surface area contributed by atoms with E-state index >= 15 is 0 Å². The smallest absolute Gasteiger partial charge is 0.00991 e. The Bertz CT molecular complexity index is 145. The Labute approximate surface area is 88.8 Å². The van der Waals surface area contributed by atoms with Crippen molar-refractivity contribution in [3.05, 3.63) is 0 Å². The maximum atomic E-state index is 3.63. The maximum absolute atomic E-state index is 3.63. The van der Waals surface area contributed by atoms with Crippen LogP contribution in [0.5, 0.6) is 0 Å². The minimum atomic E-state index is 0.628. The average Bonchev–Trinajstić information content (AvgIpc) is 2.83. The van der Waals surface area contributed by atoms with Crippen LogP contribution in [0.4, 0.5) is 0 Å². The van der Waals surface area contributed by atoms with Crippen LogP contribution in [0.25, 0.3) is 0 Å². The van der Waals surface area contributed by atoms with Gasteiger partial charge in [-0.1, -0.05) is 27.2 Å². The molecule has 0 aromatic heterocycles. The summed E-state index contributed by atoms with van der Waals surface area (Å²) >= 11 is 0. The van der Waals surface area contributed by atoms with Crippen LogP contribution in [0.15, 0.2) is 0 Å². The van der Waals surface area contributed by atoms with E-state index in [1.807, 2.05) is 0 Å². The molecule has 0 amide bonds. The molecule has 2 unspecified atom stereocenters. The first-order chi connectivity index (χ1) is 6.74. The molecule has 1 saturated carbocycles. The molecule has 0 heterocycles. The van der Waals surface area contributed by atoms with Crippen LogP contribution < -0.4 is 10.6 Å². The van der Waals surface area contributed by atoms with Crippen molar-refractivity contribution in [2.24, 2.45) is 5.92 Å². The van der Waals surface area contributed by atoms with E-state index in [0.717, 1.165) is 18.5 Å². The Morgan fingerprint density at radius 3 is 2.71 bits per heavy atom. The molecule has 1 aliphatic rings. The number of hydrogen-bond donors (Lipinski definition) is 2. The third-order valence-corrected chi connectivity index (χ3v) is 2.89. The first kappa shape index (κ1) is 12.0. The molecule has 1 aliphatic carbocycles. The van der Waals surface area contributed by atoms with E-state index in [-0.39, 0.29) is 0 Å². The van der Waals surface area contributed by atoms with Crippen LogP contribution in [0.2, 0.25) is 0 Å². The lowest BCUT2D eigenvalue weighted by Gasteiger charge is -2.08. The Balaban J connectivity index is 1.82. The molecule has 2 atom stereocenters. The molecule has 2 nitrogen and oxygen atoms in total. The van der Waals surface area contributed by atoms with Crippen LogP contribution in [-0.4, -0.2) is 25.2 Å². The van der Waals surface area contributed by atoms with Crippen LogP contribution >= 0.6 is 0 Å². The lowest BCUT2D eigenvalue weighted by atomic mass is 10.2. The summed E-state index contributed by atoms with van der Waals surface area (Å²) in [6.45, 7) is 9.01. The topological polar surface area (TPSA) is 24.1 Å². The van der Waals surface area contributed by atoms with Crippen LogP contribution in [-0.2, 0) is 0 Å². The molecule has 0 radical (unpaired) electrons. The minimum Gasteiger partial charge on any atom is -0.314 e. The molecular weight excluding hydrogens is 172 g/mol. The van der Waals surface area contributed by atoms with Gasteiger partial charge in [-0.05, 0) is 38.3 Å². The highest BCUT2D eigenvalue weighted by Crippen LogP contribution is 2.34. The molecule has 0 bridgehead atoms. The summed E-state index contributed by atoms with van der Waals surface area (Å²) in [6.07, 6.45) is 5.44. The summed E-state index contributed by atoms with van der Waals surface area (Å²) < 4.78 is 0.